The number of anilines is 1. The fourth-order valence-electron chi connectivity index (χ4n) is 2.91. The highest BCUT2D eigenvalue weighted by atomic mass is 32.1. The average Bonchev–Trinajstić information content (AvgIpc) is 3.27. The first-order valence-electron chi connectivity index (χ1n) is 8.04. The summed E-state index contributed by atoms with van der Waals surface area (Å²) in [6.07, 6.45) is -0.681. The van der Waals surface area contributed by atoms with Gasteiger partial charge in [0.1, 0.15) is 11.4 Å². The Bertz CT molecular complexity index is 1000. The molecule has 138 valence electrons. The quantitative estimate of drug-likeness (QED) is 0.661. The maximum Gasteiger partial charge on any atom is 0.344 e. The van der Waals surface area contributed by atoms with Crippen LogP contribution in [0.1, 0.15) is 22.1 Å². The number of hydrogen-bond acceptors (Lipinski definition) is 7. The van der Waals surface area contributed by atoms with Crippen LogP contribution in [0.5, 0.6) is 11.5 Å². The van der Waals surface area contributed by atoms with E-state index in [0.717, 1.165) is 5.56 Å². The number of nitrogens with one attached hydrogen (secondary N) is 1. The van der Waals surface area contributed by atoms with Gasteiger partial charge in [0.2, 0.25) is 6.23 Å². The topological polar surface area (TPSA) is 69.7 Å². The molecule has 6 nitrogen and oxygen atoms in total. The average molecular weight is 386 g/mol. The molecule has 27 heavy (non-hydrogen) atoms. The molecule has 1 aromatic heterocycles. The Morgan fingerprint density at radius 1 is 1.15 bits per heavy atom. The smallest absolute Gasteiger partial charge is 0.344 e. The predicted molar refractivity (Wildman–Crippen MR) is 98.8 cm³/mol. The predicted octanol–water partition coefficient (Wildman–Crippen LogP) is 4.25. The molecule has 1 aliphatic heterocycles. The van der Waals surface area contributed by atoms with Crippen molar-refractivity contribution in [1.29, 1.82) is 0 Å². The largest absolute Gasteiger partial charge is 0.493 e. The fraction of sp³-hybridized carbons (Fsp3) is 0.158. The number of hydrogen-bond donors (Lipinski definition) is 1. The minimum absolute atomic E-state index is 0.300. The van der Waals surface area contributed by atoms with E-state index in [-0.39, 0.29) is 5.82 Å². The number of esters is 1. The number of benzene rings is 2. The summed E-state index contributed by atoms with van der Waals surface area (Å²) in [5.41, 5.74) is 2.50. The van der Waals surface area contributed by atoms with Crippen molar-refractivity contribution in [3.8, 4) is 22.8 Å². The van der Waals surface area contributed by atoms with Gasteiger partial charge in [-0.05, 0) is 36.4 Å². The lowest BCUT2D eigenvalue weighted by Crippen LogP contribution is -2.10. The Morgan fingerprint density at radius 3 is 2.63 bits per heavy atom. The lowest BCUT2D eigenvalue weighted by atomic mass is 10.1. The van der Waals surface area contributed by atoms with Gasteiger partial charge in [-0.3, -0.25) is 0 Å². The third-order valence-electron chi connectivity index (χ3n) is 4.19. The summed E-state index contributed by atoms with van der Waals surface area (Å²) < 4.78 is 29.1. The van der Waals surface area contributed by atoms with E-state index in [1.807, 2.05) is 5.38 Å². The van der Waals surface area contributed by atoms with Crippen LogP contribution in [0.4, 0.5) is 9.52 Å². The molecule has 2 heterocycles. The van der Waals surface area contributed by atoms with E-state index < -0.39 is 12.2 Å². The van der Waals surface area contributed by atoms with E-state index in [2.05, 4.69) is 10.3 Å². The number of halogens is 1. The van der Waals surface area contributed by atoms with Gasteiger partial charge in [-0.25, -0.2) is 14.2 Å². The number of carbonyl (C=O) groups is 1. The van der Waals surface area contributed by atoms with E-state index in [9.17, 15) is 9.18 Å². The van der Waals surface area contributed by atoms with Gasteiger partial charge in [-0.1, -0.05) is 0 Å². The van der Waals surface area contributed by atoms with Crippen LogP contribution >= 0.6 is 11.3 Å². The molecule has 3 aromatic rings. The van der Waals surface area contributed by atoms with E-state index in [1.54, 1.807) is 24.3 Å². The van der Waals surface area contributed by atoms with Crippen molar-refractivity contribution >= 4 is 22.4 Å². The third kappa shape index (κ3) is 3.08. The zero-order valence-corrected chi connectivity index (χ0v) is 15.3. The van der Waals surface area contributed by atoms with Gasteiger partial charge in [-0.15, -0.1) is 11.3 Å². The number of aromatic nitrogens is 1. The maximum absolute atomic E-state index is 13.1. The van der Waals surface area contributed by atoms with Crippen molar-refractivity contribution in [3.05, 3.63) is 58.7 Å². The van der Waals surface area contributed by atoms with Crippen molar-refractivity contribution in [1.82, 2.24) is 4.98 Å². The molecular weight excluding hydrogens is 371 g/mol. The van der Waals surface area contributed by atoms with Crippen LogP contribution in [0.2, 0.25) is 0 Å². The second kappa shape index (κ2) is 6.88. The zero-order valence-electron chi connectivity index (χ0n) is 14.5. The molecule has 0 fully saturated rings. The summed E-state index contributed by atoms with van der Waals surface area (Å²) in [5, 5.41) is 5.54. The van der Waals surface area contributed by atoms with E-state index >= 15 is 0 Å². The van der Waals surface area contributed by atoms with Crippen molar-refractivity contribution in [2.45, 2.75) is 6.23 Å². The molecule has 1 atom stereocenters. The second-order valence-corrected chi connectivity index (χ2v) is 6.60. The van der Waals surface area contributed by atoms with Gasteiger partial charge in [0.05, 0.1) is 19.9 Å². The molecule has 0 saturated heterocycles. The first kappa shape index (κ1) is 17.3. The van der Waals surface area contributed by atoms with E-state index in [1.165, 1.54) is 37.7 Å². The fourth-order valence-corrected chi connectivity index (χ4v) is 3.65. The first-order chi connectivity index (χ1) is 13.1. The summed E-state index contributed by atoms with van der Waals surface area (Å²) >= 11 is 1.37. The number of carbonyl (C=O) groups excluding carboxylic acids is 1. The summed E-state index contributed by atoms with van der Waals surface area (Å²) in [4.78, 5) is 16.8. The normalized spacial score (nSPS) is 15.2. The van der Waals surface area contributed by atoms with E-state index in [0.29, 0.717) is 33.5 Å². The number of thiazole rings is 1. The molecule has 0 aliphatic carbocycles. The van der Waals surface area contributed by atoms with Crippen LogP contribution in [0, 0.1) is 5.82 Å². The van der Waals surface area contributed by atoms with Crippen molar-refractivity contribution in [3.63, 3.8) is 0 Å². The number of cyclic esters (lactones) is 1. The molecule has 0 amide bonds. The van der Waals surface area contributed by atoms with Gasteiger partial charge < -0.3 is 19.5 Å². The zero-order chi connectivity index (χ0) is 19.0. The Kier molecular flexibility index (Phi) is 4.41. The number of methoxy groups -OCH3 is 2. The highest BCUT2D eigenvalue weighted by Gasteiger charge is 2.36. The van der Waals surface area contributed by atoms with Crippen LogP contribution in [-0.4, -0.2) is 25.2 Å². The Hall–Kier alpha value is -3.13. The van der Waals surface area contributed by atoms with Crippen molar-refractivity contribution in [2.24, 2.45) is 0 Å². The van der Waals surface area contributed by atoms with Gasteiger partial charge >= 0.3 is 5.97 Å². The molecule has 0 bridgehead atoms. The summed E-state index contributed by atoms with van der Waals surface area (Å²) in [5.74, 6) is 0.0110. The van der Waals surface area contributed by atoms with Crippen LogP contribution in [-0.2, 0) is 4.74 Å². The maximum atomic E-state index is 13.1. The standard InChI is InChI=1S/C19H15FN2O4S/c1-24-14-8-7-12-15(16(14)25-2)18(23)26-17(12)22-19-21-13(9-27-19)10-3-5-11(20)6-4-10/h3-9,17H,1-2H3,(H,21,22). The van der Waals surface area contributed by atoms with Gasteiger partial charge in [0.15, 0.2) is 16.6 Å². The summed E-state index contributed by atoms with van der Waals surface area (Å²) in [6.45, 7) is 0. The Balaban J connectivity index is 1.61. The van der Waals surface area contributed by atoms with Crippen molar-refractivity contribution < 1.29 is 23.4 Å². The van der Waals surface area contributed by atoms with Crippen LogP contribution in [0.25, 0.3) is 11.3 Å². The number of fused-ring (bicyclic) bond motifs is 1. The molecule has 0 radical (unpaired) electrons. The summed E-state index contributed by atoms with van der Waals surface area (Å²) in [6, 6.07) is 9.58. The Morgan fingerprint density at radius 2 is 1.93 bits per heavy atom. The minimum Gasteiger partial charge on any atom is -0.493 e. The first-order valence-corrected chi connectivity index (χ1v) is 8.92. The summed E-state index contributed by atoms with van der Waals surface area (Å²) in [7, 11) is 2.98. The SMILES string of the molecule is COc1ccc2c(c1OC)C(=O)OC2Nc1nc(-c2ccc(F)cc2)cs1. The second-order valence-electron chi connectivity index (χ2n) is 5.74. The number of ether oxygens (including phenoxy) is 3. The molecule has 0 saturated carbocycles. The van der Waals surface area contributed by atoms with Gasteiger partial charge in [-0.2, -0.15) is 0 Å². The monoisotopic (exact) mass is 386 g/mol. The third-order valence-corrected chi connectivity index (χ3v) is 4.96. The number of rotatable bonds is 5. The molecule has 8 heteroatoms. The van der Waals surface area contributed by atoms with Gasteiger partial charge in [0.25, 0.3) is 0 Å². The van der Waals surface area contributed by atoms with Crippen molar-refractivity contribution in [2.75, 3.05) is 19.5 Å². The van der Waals surface area contributed by atoms with Crippen LogP contribution in [0.3, 0.4) is 0 Å². The molecule has 0 spiro atoms. The van der Waals surface area contributed by atoms with Crippen LogP contribution < -0.4 is 14.8 Å². The van der Waals surface area contributed by atoms with E-state index in [4.69, 9.17) is 14.2 Å². The molecule has 1 unspecified atom stereocenters. The van der Waals surface area contributed by atoms with Gasteiger partial charge in [0, 0.05) is 16.5 Å². The highest BCUT2D eigenvalue weighted by molar-refractivity contribution is 7.14. The molecule has 4 rings (SSSR count). The molecular formula is C19H15FN2O4S. The molecule has 2 aromatic carbocycles. The van der Waals surface area contributed by atoms with Crippen LogP contribution in [0.15, 0.2) is 41.8 Å². The minimum atomic E-state index is -0.681. The highest BCUT2D eigenvalue weighted by Crippen LogP contribution is 2.42. The number of nitrogens with zero attached hydrogens (tertiary/aromatic N) is 1. The lowest BCUT2D eigenvalue weighted by Gasteiger charge is -2.13. The Labute approximate surface area is 158 Å². The lowest BCUT2D eigenvalue weighted by molar-refractivity contribution is 0.0435. The molecule has 1 aliphatic rings. The molecule has 1 N–H and O–H groups in total.